The maximum atomic E-state index is 11.9. The van der Waals surface area contributed by atoms with Crippen LogP contribution in [0.4, 0.5) is 0 Å². The summed E-state index contributed by atoms with van der Waals surface area (Å²) in [7, 11) is 0. The number of hydroxylamine groups is 1. The third kappa shape index (κ3) is 3.36. The number of cyclic esters (lactones) is 1. The number of carbonyl (C=O) groups is 2. The number of nitrogens with one attached hydrogen (secondary N) is 1. The van der Waals surface area contributed by atoms with Crippen LogP contribution in [0.15, 0.2) is 30.3 Å². The molecule has 1 aromatic carbocycles. The van der Waals surface area contributed by atoms with Gasteiger partial charge in [0.15, 0.2) is 0 Å². The molecule has 108 valence electrons. The molecule has 1 aromatic rings. The summed E-state index contributed by atoms with van der Waals surface area (Å²) in [4.78, 5) is 23.3. The van der Waals surface area contributed by atoms with E-state index in [0.29, 0.717) is 19.4 Å². The molecule has 1 aliphatic heterocycles. The highest BCUT2D eigenvalue weighted by atomic mass is 16.5. The highest BCUT2D eigenvalue weighted by molar-refractivity contribution is 5.86. The Labute approximate surface area is 117 Å². The van der Waals surface area contributed by atoms with Gasteiger partial charge in [0.05, 0.1) is 12.0 Å². The zero-order valence-corrected chi connectivity index (χ0v) is 11.3. The van der Waals surface area contributed by atoms with Gasteiger partial charge in [-0.3, -0.25) is 14.8 Å². The minimum Gasteiger partial charge on any atom is -0.465 e. The summed E-state index contributed by atoms with van der Waals surface area (Å²) in [5, 5.41) is 8.65. The molecule has 0 spiro atoms. The van der Waals surface area contributed by atoms with Crippen LogP contribution in [0.25, 0.3) is 0 Å². The topological polar surface area (TPSA) is 75.6 Å². The van der Waals surface area contributed by atoms with Gasteiger partial charge in [-0.05, 0) is 31.2 Å². The monoisotopic (exact) mass is 277 g/mol. The number of ether oxygens (including phenoxy) is 1. The lowest BCUT2D eigenvalue weighted by Crippen LogP contribution is -2.34. The van der Waals surface area contributed by atoms with E-state index in [-0.39, 0.29) is 12.4 Å². The Bertz CT molecular complexity index is 474. The van der Waals surface area contributed by atoms with Crippen molar-refractivity contribution in [3.8, 4) is 0 Å². The van der Waals surface area contributed by atoms with Crippen LogP contribution in [0.3, 0.4) is 0 Å². The Morgan fingerprint density at radius 2 is 2.10 bits per heavy atom. The summed E-state index contributed by atoms with van der Waals surface area (Å²) in [5.41, 5.74) is 2.03. The van der Waals surface area contributed by atoms with Crippen molar-refractivity contribution in [2.45, 2.75) is 32.1 Å². The van der Waals surface area contributed by atoms with Crippen LogP contribution in [0.2, 0.25) is 0 Å². The van der Waals surface area contributed by atoms with Crippen molar-refractivity contribution in [2.24, 2.45) is 5.41 Å². The zero-order valence-electron chi connectivity index (χ0n) is 11.3. The van der Waals surface area contributed by atoms with Crippen molar-refractivity contribution in [3.63, 3.8) is 0 Å². The third-order valence-corrected chi connectivity index (χ3v) is 3.83. The van der Waals surface area contributed by atoms with Gasteiger partial charge in [0.25, 0.3) is 0 Å². The Morgan fingerprint density at radius 3 is 2.70 bits per heavy atom. The fourth-order valence-corrected chi connectivity index (χ4v) is 2.69. The zero-order chi connectivity index (χ0) is 14.4. The average molecular weight is 277 g/mol. The van der Waals surface area contributed by atoms with Gasteiger partial charge in [0.1, 0.15) is 0 Å². The molecule has 1 fully saturated rings. The molecule has 1 unspecified atom stereocenters. The maximum Gasteiger partial charge on any atom is 0.312 e. The van der Waals surface area contributed by atoms with Gasteiger partial charge in [-0.1, -0.05) is 30.3 Å². The van der Waals surface area contributed by atoms with Crippen molar-refractivity contribution in [1.29, 1.82) is 0 Å². The van der Waals surface area contributed by atoms with Crippen molar-refractivity contribution >= 4 is 11.9 Å². The fourth-order valence-electron chi connectivity index (χ4n) is 2.69. The number of aryl methyl sites for hydroxylation is 1. The molecule has 2 N–H and O–H groups in total. The van der Waals surface area contributed by atoms with E-state index in [1.165, 1.54) is 5.56 Å². The van der Waals surface area contributed by atoms with Gasteiger partial charge >= 0.3 is 5.97 Å². The number of amides is 1. The highest BCUT2D eigenvalue weighted by Gasteiger charge is 2.45. The predicted octanol–water partition coefficient (Wildman–Crippen LogP) is 1.84. The number of benzene rings is 1. The van der Waals surface area contributed by atoms with E-state index in [9.17, 15) is 9.59 Å². The summed E-state index contributed by atoms with van der Waals surface area (Å²) in [6.07, 6.45) is 2.77. The van der Waals surface area contributed by atoms with E-state index < -0.39 is 11.3 Å². The Morgan fingerprint density at radius 1 is 1.35 bits per heavy atom. The van der Waals surface area contributed by atoms with Gasteiger partial charge in [0.2, 0.25) is 5.91 Å². The molecule has 5 nitrogen and oxygen atoms in total. The SMILES string of the molecule is O=C(CC1(CCCc2ccccc2)CCOC1=O)NO. The first kappa shape index (κ1) is 14.5. The molecule has 1 atom stereocenters. The molecule has 0 bridgehead atoms. The van der Waals surface area contributed by atoms with E-state index in [4.69, 9.17) is 9.94 Å². The smallest absolute Gasteiger partial charge is 0.312 e. The van der Waals surface area contributed by atoms with E-state index in [2.05, 4.69) is 0 Å². The van der Waals surface area contributed by atoms with Crippen molar-refractivity contribution < 1.29 is 19.5 Å². The largest absolute Gasteiger partial charge is 0.465 e. The van der Waals surface area contributed by atoms with Crippen LogP contribution in [-0.4, -0.2) is 23.7 Å². The number of carbonyl (C=O) groups excluding carboxylic acids is 2. The normalized spacial score (nSPS) is 21.6. The number of hydrogen-bond acceptors (Lipinski definition) is 4. The molecular formula is C15H19NO4. The summed E-state index contributed by atoms with van der Waals surface area (Å²) in [6.45, 7) is 0.350. The first-order valence-corrected chi connectivity index (χ1v) is 6.80. The lowest BCUT2D eigenvalue weighted by Gasteiger charge is -2.23. The van der Waals surface area contributed by atoms with Crippen LogP contribution >= 0.6 is 0 Å². The minimum atomic E-state index is -0.776. The maximum absolute atomic E-state index is 11.9. The van der Waals surface area contributed by atoms with Crippen LogP contribution in [0, 0.1) is 5.41 Å². The van der Waals surface area contributed by atoms with E-state index in [1.807, 2.05) is 30.3 Å². The van der Waals surface area contributed by atoms with Crippen LogP contribution < -0.4 is 5.48 Å². The molecular weight excluding hydrogens is 258 g/mol. The lowest BCUT2D eigenvalue weighted by atomic mass is 9.78. The molecule has 2 rings (SSSR count). The third-order valence-electron chi connectivity index (χ3n) is 3.83. The standard InChI is InChI=1S/C15H19NO4/c17-13(16-19)11-15(9-10-20-14(15)18)8-4-7-12-5-2-1-3-6-12/h1-3,5-6,19H,4,7-11H2,(H,16,17). The summed E-state index contributed by atoms with van der Waals surface area (Å²) >= 11 is 0. The van der Waals surface area contributed by atoms with Crippen LogP contribution in [-0.2, 0) is 20.7 Å². The fraction of sp³-hybridized carbons (Fsp3) is 0.467. The molecule has 1 amide bonds. The molecule has 0 radical (unpaired) electrons. The highest BCUT2D eigenvalue weighted by Crippen LogP contribution is 2.38. The van der Waals surface area contributed by atoms with E-state index in [1.54, 1.807) is 5.48 Å². The number of hydrogen-bond donors (Lipinski definition) is 2. The molecule has 1 saturated heterocycles. The molecule has 0 aliphatic carbocycles. The summed E-state index contributed by atoms with van der Waals surface area (Å²) in [6, 6.07) is 10.0. The first-order chi connectivity index (χ1) is 9.66. The van der Waals surface area contributed by atoms with Crippen molar-refractivity contribution in [2.75, 3.05) is 6.61 Å². The Balaban J connectivity index is 1.95. The quantitative estimate of drug-likeness (QED) is 0.472. The minimum absolute atomic E-state index is 0.0167. The van der Waals surface area contributed by atoms with Gasteiger partial charge in [-0.15, -0.1) is 0 Å². The lowest BCUT2D eigenvalue weighted by molar-refractivity contribution is -0.150. The Hall–Kier alpha value is -1.88. The van der Waals surface area contributed by atoms with E-state index in [0.717, 1.165) is 12.8 Å². The predicted molar refractivity (Wildman–Crippen MR) is 71.9 cm³/mol. The van der Waals surface area contributed by atoms with Gasteiger partial charge in [-0.2, -0.15) is 0 Å². The molecule has 1 aliphatic rings. The molecule has 5 heteroatoms. The van der Waals surface area contributed by atoms with Gasteiger partial charge in [-0.25, -0.2) is 5.48 Å². The molecule has 0 saturated carbocycles. The molecule has 0 aromatic heterocycles. The van der Waals surface area contributed by atoms with Crippen LogP contribution in [0.1, 0.15) is 31.2 Å². The molecule has 1 heterocycles. The number of rotatable bonds is 6. The van der Waals surface area contributed by atoms with Crippen LogP contribution in [0.5, 0.6) is 0 Å². The second-order valence-corrected chi connectivity index (χ2v) is 5.22. The summed E-state index contributed by atoms with van der Waals surface area (Å²) < 4.78 is 5.02. The van der Waals surface area contributed by atoms with E-state index >= 15 is 0 Å². The summed E-state index contributed by atoms with van der Waals surface area (Å²) in [5.74, 6) is -0.863. The second kappa shape index (κ2) is 6.52. The Kier molecular flexibility index (Phi) is 4.74. The van der Waals surface area contributed by atoms with Gasteiger partial charge < -0.3 is 4.74 Å². The van der Waals surface area contributed by atoms with Crippen molar-refractivity contribution in [3.05, 3.63) is 35.9 Å². The first-order valence-electron chi connectivity index (χ1n) is 6.80. The molecule has 20 heavy (non-hydrogen) atoms. The average Bonchev–Trinajstić information content (AvgIpc) is 2.81. The van der Waals surface area contributed by atoms with Crippen molar-refractivity contribution in [1.82, 2.24) is 5.48 Å². The van der Waals surface area contributed by atoms with Gasteiger partial charge in [0, 0.05) is 6.42 Å². The number of esters is 1. The second-order valence-electron chi connectivity index (χ2n) is 5.22.